The van der Waals surface area contributed by atoms with Crippen molar-refractivity contribution >= 4 is 17.5 Å². The Hall–Kier alpha value is -3.42. The maximum atomic E-state index is 13.3. The Labute approximate surface area is 213 Å². The third-order valence-electron chi connectivity index (χ3n) is 6.62. The number of benzene rings is 2. The minimum atomic E-state index is -0.0374. The zero-order valence-corrected chi connectivity index (χ0v) is 21.4. The van der Waals surface area contributed by atoms with Gasteiger partial charge in [0.1, 0.15) is 5.75 Å². The summed E-state index contributed by atoms with van der Waals surface area (Å²) in [5, 5.41) is 0. The number of ether oxygens (including phenoxy) is 3. The quantitative estimate of drug-likeness (QED) is 0.527. The van der Waals surface area contributed by atoms with Crippen molar-refractivity contribution in [3.8, 4) is 17.2 Å². The molecule has 4 rings (SSSR count). The van der Waals surface area contributed by atoms with E-state index < -0.39 is 0 Å². The van der Waals surface area contributed by atoms with Gasteiger partial charge in [-0.3, -0.25) is 9.59 Å². The highest BCUT2D eigenvalue weighted by Crippen LogP contribution is 2.31. The van der Waals surface area contributed by atoms with Gasteiger partial charge < -0.3 is 28.9 Å². The molecule has 0 bridgehead atoms. The number of hydrogen-bond donors (Lipinski definition) is 0. The number of para-hydroxylation sites is 2. The van der Waals surface area contributed by atoms with Gasteiger partial charge in [-0.15, -0.1) is 0 Å². The Balaban J connectivity index is 1.37. The van der Waals surface area contributed by atoms with Crippen molar-refractivity contribution in [1.29, 1.82) is 0 Å². The third-order valence-corrected chi connectivity index (χ3v) is 6.62. The van der Waals surface area contributed by atoms with Gasteiger partial charge >= 0.3 is 0 Å². The summed E-state index contributed by atoms with van der Waals surface area (Å²) in [5.74, 6) is 1.79. The summed E-state index contributed by atoms with van der Waals surface area (Å²) in [7, 11) is 0. The molecule has 2 aromatic carbocycles. The number of hydrogen-bond acceptors (Lipinski definition) is 6. The molecule has 8 nitrogen and oxygen atoms in total. The largest absolute Gasteiger partial charge is 0.492 e. The van der Waals surface area contributed by atoms with Crippen molar-refractivity contribution in [2.24, 2.45) is 0 Å². The van der Waals surface area contributed by atoms with Crippen molar-refractivity contribution in [2.75, 3.05) is 64.0 Å². The Bertz CT molecular complexity index is 1030. The number of rotatable bonds is 9. The molecule has 0 saturated carbocycles. The molecule has 2 saturated heterocycles. The van der Waals surface area contributed by atoms with Gasteiger partial charge in [-0.2, -0.15) is 0 Å². The van der Waals surface area contributed by atoms with E-state index in [0.29, 0.717) is 43.4 Å². The predicted molar refractivity (Wildman–Crippen MR) is 139 cm³/mol. The Morgan fingerprint density at radius 1 is 0.722 bits per heavy atom. The number of anilines is 1. The van der Waals surface area contributed by atoms with Crippen LogP contribution in [-0.2, 0) is 4.79 Å². The van der Waals surface area contributed by atoms with Crippen molar-refractivity contribution < 1.29 is 23.8 Å². The lowest BCUT2D eigenvalue weighted by molar-refractivity contribution is -0.134. The number of amides is 2. The van der Waals surface area contributed by atoms with E-state index >= 15 is 0 Å². The average Bonchev–Trinajstić information content (AvgIpc) is 2.93. The lowest BCUT2D eigenvalue weighted by Gasteiger charge is -2.36. The second kappa shape index (κ2) is 12.5. The SMILES string of the molecule is CCOc1cc(C(=O)N2CCN(c3ccccc3OCC)CC2)ccc1OCC(=O)N1CCCCC1. The number of carbonyl (C=O) groups is 2. The summed E-state index contributed by atoms with van der Waals surface area (Å²) >= 11 is 0. The lowest BCUT2D eigenvalue weighted by atomic mass is 10.1. The van der Waals surface area contributed by atoms with E-state index in [1.54, 1.807) is 18.2 Å². The van der Waals surface area contributed by atoms with Crippen LogP contribution in [0.3, 0.4) is 0 Å². The van der Waals surface area contributed by atoms with E-state index in [-0.39, 0.29) is 18.4 Å². The Morgan fingerprint density at radius 3 is 2.14 bits per heavy atom. The molecular weight excluding hydrogens is 458 g/mol. The van der Waals surface area contributed by atoms with Gasteiger partial charge in [0.2, 0.25) is 0 Å². The van der Waals surface area contributed by atoms with Crippen LogP contribution in [0.4, 0.5) is 5.69 Å². The van der Waals surface area contributed by atoms with E-state index in [1.165, 1.54) is 6.42 Å². The molecular formula is C28H37N3O5. The van der Waals surface area contributed by atoms with Gasteiger partial charge in [-0.1, -0.05) is 12.1 Å². The van der Waals surface area contributed by atoms with Crippen molar-refractivity contribution in [1.82, 2.24) is 9.80 Å². The summed E-state index contributed by atoms with van der Waals surface area (Å²) in [6.07, 6.45) is 3.25. The maximum absolute atomic E-state index is 13.3. The zero-order valence-electron chi connectivity index (χ0n) is 21.4. The van der Waals surface area contributed by atoms with Gasteiger partial charge in [0, 0.05) is 44.8 Å². The summed E-state index contributed by atoms with van der Waals surface area (Å²) in [5.41, 5.74) is 1.61. The summed E-state index contributed by atoms with van der Waals surface area (Å²) in [6, 6.07) is 13.2. The lowest BCUT2D eigenvalue weighted by Crippen LogP contribution is -2.48. The molecule has 194 valence electrons. The first-order valence-corrected chi connectivity index (χ1v) is 13.0. The first-order valence-electron chi connectivity index (χ1n) is 13.0. The molecule has 2 fully saturated rings. The van der Waals surface area contributed by atoms with E-state index in [2.05, 4.69) is 11.0 Å². The molecule has 0 radical (unpaired) electrons. The third kappa shape index (κ3) is 6.22. The highest BCUT2D eigenvalue weighted by molar-refractivity contribution is 5.95. The van der Waals surface area contributed by atoms with Crippen LogP contribution in [0.1, 0.15) is 43.5 Å². The van der Waals surface area contributed by atoms with Crippen LogP contribution in [0.2, 0.25) is 0 Å². The fraction of sp³-hybridized carbons (Fsp3) is 0.500. The molecule has 2 heterocycles. The van der Waals surface area contributed by atoms with Crippen LogP contribution in [0, 0.1) is 0 Å². The molecule has 8 heteroatoms. The van der Waals surface area contributed by atoms with Crippen LogP contribution < -0.4 is 19.1 Å². The van der Waals surface area contributed by atoms with Crippen LogP contribution in [0.15, 0.2) is 42.5 Å². The zero-order chi connectivity index (χ0) is 25.3. The molecule has 2 aromatic rings. The van der Waals surface area contributed by atoms with Gasteiger partial charge in [0.25, 0.3) is 11.8 Å². The highest BCUT2D eigenvalue weighted by atomic mass is 16.5. The van der Waals surface area contributed by atoms with Crippen LogP contribution in [0.5, 0.6) is 17.2 Å². The molecule has 0 unspecified atom stereocenters. The summed E-state index contributed by atoms with van der Waals surface area (Å²) < 4.78 is 17.4. The van der Waals surface area contributed by atoms with Crippen LogP contribution >= 0.6 is 0 Å². The molecule has 0 aliphatic carbocycles. The van der Waals surface area contributed by atoms with Gasteiger partial charge in [-0.25, -0.2) is 0 Å². The van der Waals surface area contributed by atoms with Gasteiger partial charge in [-0.05, 0) is 63.4 Å². The standard InChI is InChI=1S/C28H37N3O5/c1-3-34-24-11-7-6-10-23(24)29-16-18-31(19-17-29)28(33)22-12-13-25(26(20-22)35-4-2)36-21-27(32)30-14-8-5-9-15-30/h6-7,10-13,20H,3-5,8-9,14-19,21H2,1-2H3. The molecule has 2 aliphatic heterocycles. The number of likely N-dealkylation sites (tertiary alicyclic amines) is 1. The fourth-order valence-corrected chi connectivity index (χ4v) is 4.73. The molecule has 0 atom stereocenters. The van der Waals surface area contributed by atoms with Gasteiger partial charge in [0.05, 0.1) is 18.9 Å². The van der Waals surface area contributed by atoms with Crippen molar-refractivity contribution in [3.63, 3.8) is 0 Å². The van der Waals surface area contributed by atoms with Crippen LogP contribution in [-0.4, -0.2) is 80.7 Å². The topological polar surface area (TPSA) is 71.5 Å². The number of carbonyl (C=O) groups excluding carboxylic acids is 2. The van der Waals surface area contributed by atoms with Crippen molar-refractivity contribution in [3.05, 3.63) is 48.0 Å². The average molecular weight is 496 g/mol. The highest BCUT2D eigenvalue weighted by Gasteiger charge is 2.25. The Kier molecular flexibility index (Phi) is 8.92. The normalized spacial score (nSPS) is 16.0. The van der Waals surface area contributed by atoms with E-state index in [9.17, 15) is 9.59 Å². The monoisotopic (exact) mass is 495 g/mol. The molecule has 0 N–H and O–H groups in total. The van der Waals surface area contributed by atoms with E-state index in [1.807, 2.05) is 41.8 Å². The summed E-state index contributed by atoms with van der Waals surface area (Å²) in [4.78, 5) is 31.8. The second-order valence-electron chi connectivity index (χ2n) is 9.00. The van der Waals surface area contributed by atoms with Crippen molar-refractivity contribution in [2.45, 2.75) is 33.1 Å². The molecule has 2 amide bonds. The van der Waals surface area contributed by atoms with E-state index in [0.717, 1.165) is 50.5 Å². The smallest absolute Gasteiger partial charge is 0.260 e. The minimum absolute atomic E-state index is 0.0129. The Morgan fingerprint density at radius 2 is 1.42 bits per heavy atom. The number of nitrogens with zero attached hydrogens (tertiary/aromatic N) is 3. The first kappa shape index (κ1) is 25.7. The van der Waals surface area contributed by atoms with Crippen LogP contribution in [0.25, 0.3) is 0 Å². The number of piperidine rings is 1. The second-order valence-corrected chi connectivity index (χ2v) is 9.00. The predicted octanol–water partition coefficient (Wildman–Crippen LogP) is 3.84. The molecule has 2 aliphatic rings. The first-order chi connectivity index (χ1) is 17.6. The molecule has 36 heavy (non-hydrogen) atoms. The van der Waals surface area contributed by atoms with E-state index in [4.69, 9.17) is 14.2 Å². The summed E-state index contributed by atoms with van der Waals surface area (Å²) in [6.45, 7) is 9.16. The minimum Gasteiger partial charge on any atom is -0.492 e. The number of piperazine rings is 1. The van der Waals surface area contributed by atoms with Gasteiger partial charge in [0.15, 0.2) is 18.1 Å². The maximum Gasteiger partial charge on any atom is 0.260 e. The fourth-order valence-electron chi connectivity index (χ4n) is 4.73. The molecule has 0 spiro atoms. The molecule has 0 aromatic heterocycles.